The second kappa shape index (κ2) is 22.2. The van der Waals surface area contributed by atoms with E-state index < -0.39 is 23.8 Å². The van der Waals surface area contributed by atoms with Gasteiger partial charge in [-0.05, 0) is 110 Å². The van der Waals surface area contributed by atoms with E-state index in [-0.39, 0.29) is 47.2 Å². The first-order chi connectivity index (χ1) is 33.1. The van der Waals surface area contributed by atoms with Crippen molar-refractivity contribution in [1.29, 1.82) is 0 Å². The van der Waals surface area contributed by atoms with Gasteiger partial charge in [0.1, 0.15) is 42.6 Å². The molecule has 0 spiro atoms. The van der Waals surface area contributed by atoms with Crippen LogP contribution >= 0.6 is 23.2 Å². The number of halogens is 4. The molecule has 69 heavy (non-hydrogen) atoms. The molecule has 9 rings (SSSR count). The van der Waals surface area contributed by atoms with E-state index in [4.69, 9.17) is 38.4 Å². The normalized spacial score (nSPS) is 14.4. The van der Waals surface area contributed by atoms with Crippen LogP contribution in [-0.4, -0.2) is 62.2 Å². The molecule has 3 amide bonds. The Kier molecular flexibility index (Phi) is 16.0. The molecule has 2 aliphatic rings. The predicted octanol–water partition coefficient (Wildman–Crippen LogP) is 8.50. The van der Waals surface area contributed by atoms with E-state index in [1.165, 1.54) is 59.7 Å². The maximum atomic E-state index is 13.4. The van der Waals surface area contributed by atoms with Gasteiger partial charge in [-0.25, -0.2) is 27.9 Å². The molecular weight excluding hydrogens is 937 g/mol. The fraction of sp³-hybridized carbons (Fsp3) is 0.298. The summed E-state index contributed by atoms with van der Waals surface area (Å²) in [5.74, 6) is -1.59. The SMILES string of the molecule is CCn1cc2c(c1C(=O)Nc1ccc(F)c(Cl)c1)CCC2N.CCn1cc2c(c1C(=O)Nc1ccc(F)c(Cl)c1)CCC2NC(=O)OCc1ccn(C)n1.Cn1ccc(COC(=O)n2ccnc2)n1. The summed E-state index contributed by atoms with van der Waals surface area (Å²) in [5.41, 5.74) is 13.3. The number of hydrogen-bond acceptors (Lipinski definition) is 10. The average Bonchev–Trinajstić information content (AvgIpc) is 4.20. The summed E-state index contributed by atoms with van der Waals surface area (Å²) in [6.45, 7) is 5.42. The van der Waals surface area contributed by atoms with Gasteiger partial charge in [-0.3, -0.25) is 19.0 Å². The number of aryl methyl sites for hydroxylation is 4. The molecule has 0 aliphatic heterocycles. The fourth-order valence-corrected chi connectivity index (χ4v) is 8.34. The van der Waals surface area contributed by atoms with Crippen LogP contribution < -0.4 is 21.7 Å². The summed E-state index contributed by atoms with van der Waals surface area (Å²) in [5, 5.41) is 16.6. The van der Waals surface area contributed by atoms with Gasteiger partial charge < -0.3 is 40.3 Å². The highest BCUT2D eigenvalue weighted by atomic mass is 35.5. The third-order valence-electron chi connectivity index (χ3n) is 11.3. The molecule has 7 aromatic rings. The average molecular weight is 988 g/mol. The van der Waals surface area contributed by atoms with Crippen LogP contribution in [0.15, 0.2) is 92.0 Å². The molecule has 2 aromatic carbocycles. The van der Waals surface area contributed by atoms with Crippen LogP contribution in [0.1, 0.15) is 93.4 Å². The van der Waals surface area contributed by atoms with Crippen LogP contribution in [0.3, 0.4) is 0 Å². The van der Waals surface area contributed by atoms with E-state index in [2.05, 4.69) is 31.1 Å². The third kappa shape index (κ3) is 12.1. The summed E-state index contributed by atoms with van der Waals surface area (Å²) in [7, 11) is 3.60. The number of alkyl carbamates (subject to hydrolysis) is 1. The zero-order valence-electron chi connectivity index (χ0n) is 38.1. The van der Waals surface area contributed by atoms with E-state index in [1.807, 2.05) is 35.4 Å². The number of nitrogens with zero attached hydrogens (tertiary/aromatic N) is 8. The highest BCUT2D eigenvalue weighted by Crippen LogP contribution is 2.36. The van der Waals surface area contributed by atoms with Gasteiger partial charge in [-0.1, -0.05) is 23.2 Å². The number of ether oxygens (including phenoxy) is 2. The molecule has 362 valence electrons. The van der Waals surface area contributed by atoms with Crippen LogP contribution in [0.4, 0.5) is 29.7 Å². The number of imidazole rings is 1. The largest absolute Gasteiger partial charge is 0.443 e. The molecule has 5 heterocycles. The number of rotatable bonds is 11. The molecule has 22 heteroatoms. The molecule has 5 N–H and O–H groups in total. The number of nitrogens with one attached hydrogen (secondary N) is 3. The van der Waals surface area contributed by atoms with Crippen molar-refractivity contribution in [3.05, 3.63) is 159 Å². The number of anilines is 2. The molecule has 5 aromatic heterocycles. The third-order valence-corrected chi connectivity index (χ3v) is 11.9. The Morgan fingerprint density at radius 3 is 1.75 bits per heavy atom. The van der Waals surface area contributed by atoms with Gasteiger partial charge in [0, 0.05) is 81.8 Å². The maximum absolute atomic E-state index is 13.4. The first kappa shape index (κ1) is 49.6. The molecule has 2 atom stereocenters. The Morgan fingerprint density at radius 2 is 1.26 bits per heavy atom. The highest BCUT2D eigenvalue weighted by Gasteiger charge is 2.33. The molecule has 0 saturated carbocycles. The van der Waals surface area contributed by atoms with Crippen LogP contribution in [0, 0.1) is 11.6 Å². The van der Waals surface area contributed by atoms with Crippen molar-refractivity contribution in [2.24, 2.45) is 19.8 Å². The molecule has 0 bridgehead atoms. The Bertz CT molecular complexity index is 2960. The quantitative estimate of drug-likeness (QED) is 0.0970. The van der Waals surface area contributed by atoms with Crippen molar-refractivity contribution in [3.8, 4) is 0 Å². The Morgan fingerprint density at radius 1 is 0.739 bits per heavy atom. The Hall–Kier alpha value is -7.29. The summed E-state index contributed by atoms with van der Waals surface area (Å²) in [4.78, 5) is 53.0. The Labute approximate surface area is 405 Å². The lowest BCUT2D eigenvalue weighted by atomic mass is 10.1. The van der Waals surface area contributed by atoms with Crippen molar-refractivity contribution < 1.29 is 37.4 Å². The second-order valence-corrected chi connectivity index (χ2v) is 16.8. The fourth-order valence-electron chi connectivity index (χ4n) is 7.98. The lowest BCUT2D eigenvalue weighted by Gasteiger charge is -2.13. The van der Waals surface area contributed by atoms with Gasteiger partial charge >= 0.3 is 12.2 Å². The van der Waals surface area contributed by atoms with Gasteiger partial charge in [0.25, 0.3) is 11.8 Å². The van der Waals surface area contributed by atoms with Crippen LogP contribution in [0.5, 0.6) is 0 Å². The van der Waals surface area contributed by atoms with Crippen molar-refractivity contribution in [1.82, 2.24) is 43.6 Å². The molecule has 2 unspecified atom stereocenters. The minimum atomic E-state index is -0.550. The second-order valence-electron chi connectivity index (χ2n) is 16.0. The molecular formula is C47H50Cl2F2N12O6. The first-order valence-corrected chi connectivity index (χ1v) is 22.6. The number of aromatic nitrogens is 8. The number of nitrogens with two attached hydrogens (primary N) is 1. The number of benzene rings is 2. The van der Waals surface area contributed by atoms with Gasteiger partial charge in [-0.2, -0.15) is 10.2 Å². The van der Waals surface area contributed by atoms with E-state index >= 15 is 0 Å². The molecule has 0 saturated heterocycles. The van der Waals surface area contributed by atoms with Gasteiger partial charge in [-0.15, -0.1) is 0 Å². The highest BCUT2D eigenvalue weighted by molar-refractivity contribution is 6.31. The first-order valence-electron chi connectivity index (χ1n) is 21.9. The minimum absolute atomic E-state index is 0.00499. The number of fused-ring (bicyclic) bond motifs is 2. The number of carbonyl (C=O) groups excluding carboxylic acids is 4. The molecule has 0 fully saturated rings. The van der Waals surface area contributed by atoms with Crippen LogP contribution in [0.25, 0.3) is 0 Å². The zero-order valence-corrected chi connectivity index (χ0v) is 39.6. The predicted molar refractivity (Wildman–Crippen MR) is 253 cm³/mol. The molecule has 18 nitrogen and oxygen atoms in total. The summed E-state index contributed by atoms with van der Waals surface area (Å²) in [6.07, 6.45) is 13.8. The van der Waals surface area contributed by atoms with Crippen LogP contribution in [-0.2, 0) is 62.7 Å². The van der Waals surface area contributed by atoms with Crippen molar-refractivity contribution in [2.75, 3.05) is 10.6 Å². The van der Waals surface area contributed by atoms with Crippen molar-refractivity contribution >= 4 is 58.6 Å². The van der Waals surface area contributed by atoms with Gasteiger partial charge in [0.05, 0.1) is 27.5 Å². The number of carbonyl (C=O) groups is 4. The number of amides is 3. The minimum Gasteiger partial charge on any atom is -0.443 e. The standard InChI is InChI=1S/C22H23ClFN5O3.C16H17ClFN3O.C9H10N4O2/c1-3-29-11-16-15(20(29)21(30)25-13-4-6-18(24)17(23)10-13)5-7-19(16)26-22(31)32-12-14-8-9-28(2)27-14;1-2-21-8-11-10(4-6-14(11)19)15(21)16(22)20-9-3-5-13(18)12(17)7-9;1-12-4-2-8(11-12)6-15-9(14)13-5-3-10-7-13/h4,6,8-11,19H,3,5,7,12H2,1-2H3,(H,25,30)(H,26,31);3,5,7-8,14H,2,4,6,19H2,1H3,(H,20,22);2-5,7H,6H2,1H3. The van der Waals surface area contributed by atoms with Crippen molar-refractivity contribution in [2.45, 2.75) is 77.9 Å². The van der Waals surface area contributed by atoms with Crippen LogP contribution in [0.2, 0.25) is 10.0 Å². The molecule has 0 radical (unpaired) electrons. The van der Waals surface area contributed by atoms with E-state index in [9.17, 15) is 28.0 Å². The number of hydrogen-bond donors (Lipinski definition) is 4. The summed E-state index contributed by atoms with van der Waals surface area (Å²) >= 11 is 11.6. The van der Waals surface area contributed by atoms with Gasteiger partial charge in [0.2, 0.25) is 0 Å². The monoisotopic (exact) mass is 986 g/mol. The lowest BCUT2D eigenvalue weighted by Crippen LogP contribution is -2.27. The summed E-state index contributed by atoms with van der Waals surface area (Å²) in [6, 6.07) is 11.5. The zero-order chi connectivity index (χ0) is 49.4. The van der Waals surface area contributed by atoms with Crippen molar-refractivity contribution in [3.63, 3.8) is 0 Å². The maximum Gasteiger partial charge on any atom is 0.419 e. The lowest BCUT2D eigenvalue weighted by molar-refractivity contribution is 0.100. The van der Waals surface area contributed by atoms with Gasteiger partial charge in [0.15, 0.2) is 0 Å². The smallest absolute Gasteiger partial charge is 0.419 e. The Balaban J connectivity index is 0.000000164. The van der Waals surface area contributed by atoms with E-state index in [1.54, 1.807) is 48.0 Å². The molecule has 2 aliphatic carbocycles. The summed E-state index contributed by atoms with van der Waals surface area (Å²) < 4.78 is 45.2. The topological polar surface area (TPSA) is 212 Å². The van der Waals surface area contributed by atoms with E-state index in [0.29, 0.717) is 60.1 Å². The van der Waals surface area contributed by atoms with E-state index in [0.717, 1.165) is 35.1 Å².